The van der Waals surface area contributed by atoms with Gasteiger partial charge in [-0.05, 0) is 49.1 Å². The van der Waals surface area contributed by atoms with Crippen LogP contribution in [-0.2, 0) is 17.8 Å². The van der Waals surface area contributed by atoms with E-state index in [-0.39, 0.29) is 35.0 Å². The van der Waals surface area contributed by atoms with Gasteiger partial charge in [0.15, 0.2) is 5.13 Å². The van der Waals surface area contributed by atoms with E-state index in [2.05, 4.69) is 55.4 Å². The number of aromatic nitrogens is 1. The van der Waals surface area contributed by atoms with E-state index >= 15 is 0 Å². The second kappa shape index (κ2) is 9.83. The van der Waals surface area contributed by atoms with Crippen LogP contribution in [0.4, 0.5) is 5.13 Å². The lowest BCUT2D eigenvalue weighted by Gasteiger charge is -2.53. The first kappa shape index (κ1) is 24.7. The molecule has 1 saturated heterocycles. The maximum atomic E-state index is 13.3. The standard InChI is InChI=1S/C28H40N4O2S/c1-18(26(34)32-14-12-31(4)13-15-32)21-10-11-28(3)16-22-24(19(2)23(28)25(21)33)30-27(35-22)29-17-20-8-6-5-7-9-20/h5-9,18-19,21,23,25,33H,10-17H2,1-4H3,(H,29,30)/t18-,19-,21+,23+,25-,28-/m0/s1. The number of rotatable bonds is 5. The Hall–Kier alpha value is -1.96. The van der Waals surface area contributed by atoms with Crippen molar-refractivity contribution in [3.05, 3.63) is 46.5 Å². The number of thiazole rings is 1. The van der Waals surface area contributed by atoms with E-state index in [4.69, 9.17) is 4.98 Å². The van der Waals surface area contributed by atoms with Crippen molar-refractivity contribution in [2.75, 3.05) is 38.5 Å². The third kappa shape index (κ3) is 4.75. The van der Waals surface area contributed by atoms with Crippen molar-refractivity contribution in [1.82, 2.24) is 14.8 Å². The topological polar surface area (TPSA) is 68.7 Å². The van der Waals surface area contributed by atoms with Gasteiger partial charge in [-0.1, -0.05) is 51.1 Å². The normalized spacial score (nSPS) is 32.0. The summed E-state index contributed by atoms with van der Waals surface area (Å²) in [4.78, 5) is 24.0. The van der Waals surface area contributed by atoms with E-state index in [9.17, 15) is 9.90 Å². The number of hydrogen-bond donors (Lipinski definition) is 2. The van der Waals surface area contributed by atoms with Gasteiger partial charge in [-0.3, -0.25) is 4.79 Å². The molecule has 1 aliphatic heterocycles. The molecule has 35 heavy (non-hydrogen) atoms. The molecule has 2 N–H and O–H groups in total. The lowest BCUT2D eigenvalue weighted by Crippen LogP contribution is -2.55. The van der Waals surface area contributed by atoms with Crippen molar-refractivity contribution >= 4 is 22.4 Å². The average Bonchev–Trinajstić information content (AvgIpc) is 3.25. The first-order valence-corrected chi connectivity index (χ1v) is 14.0. The van der Waals surface area contributed by atoms with Gasteiger partial charge in [-0.2, -0.15) is 0 Å². The molecule has 1 amide bonds. The summed E-state index contributed by atoms with van der Waals surface area (Å²) in [6.07, 6.45) is 2.45. The summed E-state index contributed by atoms with van der Waals surface area (Å²) in [5.41, 5.74) is 2.43. The molecule has 0 unspecified atom stereocenters. The molecular formula is C28H40N4O2S. The zero-order chi connectivity index (χ0) is 24.7. The van der Waals surface area contributed by atoms with Gasteiger partial charge in [0, 0.05) is 49.4 Å². The van der Waals surface area contributed by atoms with Crippen LogP contribution in [0.1, 0.15) is 55.7 Å². The molecule has 1 aromatic carbocycles. The summed E-state index contributed by atoms with van der Waals surface area (Å²) in [5, 5.41) is 16.2. The largest absolute Gasteiger partial charge is 0.392 e. The first-order valence-electron chi connectivity index (χ1n) is 13.2. The Bertz CT molecular complexity index is 1030. The number of aliphatic hydroxyl groups is 1. The van der Waals surface area contributed by atoms with Crippen LogP contribution in [0.5, 0.6) is 0 Å². The van der Waals surface area contributed by atoms with Gasteiger partial charge in [0.25, 0.3) is 0 Å². The van der Waals surface area contributed by atoms with Crippen molar-refractivity contribution in [3.8, 4) is 0 Å². The molecule has 2 heterocycles. The van der Waals surface area contributed by atoms with Crippen LogP contribution in [0.25, 0.3) is 0 Å². The highest BCUT2D eigenvalue weighted by Gasteiger charge is 2.54. The lowest BCUT2D eigenvalue weighted by molar-refractivity contribution is -0.146. The van der Waals surface area contributed by atoms with Gasteiger partial charge in [0.1, 0.15) is 0 Å². The summed E-state index contributed by atoms with van der Waals surface area (Å²) >= 11 is 1.78. The van der Waals surface area contributed by atoms with E-state index in [1.165, 1.54) is 10.4 Å². The highest BCUT2D eigenvalue weighted by molar-refractivity contribution is 7.15. The number of piperazine rings is 1. The number of amides is 1. The smallest absolute Gasteiger partial charge is 0.225 e. The highest BCUT2D eigenvalue weighted by atomic mass is 32.1. The minimum atomic E-state index is -0.481. The second-order valence-corrected chi connectivity index (χ2v) is 12.5. The average molecular weight is 497 g/mol. The minimum absolute atomic E-state index is 0.0125. The Morgan fingerprint density at radius 3 is 2.69 bits per heavy atom. The number of hydrogen-bond acceptors (Lipinski definition) is 6. The number of likely N-dealkylation sites (N-methyl/N-ethyl adjacent to an activating group) is 1. The Labute approximate surface area is 213 Å². The Kier molecular flexibility index (Phi) is 6.94. The molecule has 2 aliphatic carbocycles. The fourth-order valence-electron chi connectivity index (χ4n) is 6.89. The van der Waals surface area contributed by atoms with Crippen molar-refractivity contribution in [3.63, 3.8) is 0 Å². The molecule has 0 spiro atoms. The molecule has 0 bridgehead atoms. The van der Waals surface area contributed by atoms with Gasteiger partial charge in [-0.15, -0.1) is 11.3 Å². The van der Waals surface area contributed by atoms with Gasteiger partial charge < -0.3 is 20.2 Å². The van der Waals surface area contributed by atoms with E-state index in [1.54, 1.807) is 11.3 Å². The van der Waals surface area contributed by atoms with Crippen molar-refractivity contribution in [1.29, 1.82) is 0 Å². The molecule has 2 aromatic rings. The van der Waals surface area contributed by atoms with Crippen molar-refractivity contribution in [2.24, 2.45) is 23.2 Å². The lowest BCUT2D eigenvalue weighted by atomic mass is 9.53. The molecule has 1 saturated carbocycles. The number of aliphatic hydroxyl groups excluding tert-OH is 1. The van der Waals surface area contributed by atoms with Crippen LogP contribution in [0.2, 0.25) is 0 Å². The summed E-state index contributed by atoms with van der Waals surface area (Å²) in [6.45, 7) is 10.8. The number of nitrogens with one attached hydrogen (secondary N) is 1. The predicted octanol–water partition coefficient (Wildman–Crippen LogP) is 4.22. The van der Waals surface area contributed by atoms with E-state index in [0.717, 1.165) is 62.8 Å². The molecule has 7 heteroatoms. The van der Waals surface area contributed by atoms with Gasteiger partial charge in [0.05, 0.1) is 11.8 Å². The van der Waals surface area contributed by atoms with Gasteiger partial charge >= 0.3 is 0 Å². The van der Waals surface area contributed by atoms with Crippen LogP contribution < -0.4 is 5.32 Å². The summed E-state index contributed by atoms with van der Waals surface area (Å²) in [5.74, 6) is 0.385. The SMILES string of the molecule is C[C@H](C(=O)N1CCN(C)CC1)[C@H]1CC[C@@]2(C)Cc3sc(NCc4ccccc4)nc3[C@@H](C)[C@@H]2[C@H]1O. The molecule has 5 rings (SSSR count). The fraction of sp³-hybridized carbons (Fsp3) is 0.643. The molecular weight excluding hydrogens is 456 g/mol. The molecule has 6 atom stereocenters. The number of benzene rings is 1. The van der Waals surface area contributed by atoms with E-state index in [0.29, 0.717) is 0 Å². The van der Waals surface area contributed by atoms with Crippen LogP contribution in [-0.4, -0.2) is 65.1 Å². The van der Waals surface area contributed by atoms with Crippen molar-refractivity contribution < 1.29 is 9.90 Å². The Morgan fingerprint density at radius 1 is 1.26 bits per heavy atom. The number of nitrogens with zero attached hydrogens (tertiary/aromatic N) is 3. The third-order valence-electron chi connectivity index (χ3n) is 9.06. The predicted molar refractivity (Wildman–Crippen MR) is 142 cm³/mol. The quantitative estimate of drug-likeness (QED) is 0.649. The maximum absolute atomic E-state index is 13.3. The minimum Gasteiger partial charge on any atom is -0.392 e. The molecule has 2 fully saturated rings. The number of fused-ring (bicyclic) bond motifs is 2. The highest BCUT2D eigenvalue weighted by Crippen LogP contribution is 2.57. The van der Waals surface area contributed by atoms with Crippen LogP contribution >= 0.6 is 11.3 Å². The van der Waals surface area contributed by atoms with Gasteiger partial charge in [0.2, 0.25) is 5.91 Å². The van der Waals surface area contributed by atoms with Crippen LogP contribution in [0.3, 0.4) is 0 Å². The third-order valence-corrected chi connectivity index (χ3v) is 10.1. The van der Waals surface area contributed by atoms with Crippen LogP contribution in [0.15, 0.2) is 30.3 Å². The molecule has 6 nitrogen and oxygen atoms in total. The Morgan fingerprint density at radius 2 is 1.97 bits per heavy atom. The first-order chi connectivity index (χ1) is 16.8. The zero-order valence-electron chi connectivity index (χ0n) is 21.5. The molecule has 1 aromatic heterocycles. The van der Waals surface area contributed by atoms with Gasteiger partial charge in [-0.25, -0.2) is 4.98 Å². The summed E-state index contributed by atoms with van der Waals surface area (Å²) in [7, 11) is 2.11. The zero-order valence-corrected chi connectivity index (χ0v) is 22.4. The number of carbonyl (C=O) groups excluding carboxylic acids is 1. The molecule has 190 valence electrons. The monoisotopic (exact) mass is 496 g/mol. The summed E-state index contributed by atoms with van der Waals surface area (Å²) < 4.78 is 0. The second-order valence-electron chi connectivity index (χ2n) is 11.4. The Balaban J connectivity index is 1.30. The van der Waals surface area contributed by atoms with Crippen molar-refractivity contribution in [2.45, 2.75) is 58.6 Å². The molecule has 3 aliphatic rings. The summed E-state index contributed by atoms with van der Waals surface area (Å²) in [6, 6.07) is 10.4. The van der Waals surface area contributed by atoms with Crippen LogP contribution in [0, 0.1) is 23.2 Å². The van der Waals surface area contributed by atoms with E-state index in [1.807, 2.05) is 17.9 Å². The maximum Gasteiger partial charge on any atom is 0.225 e. The molecule has 0 radical (unpaired) electrons. The number of anilines is 1. The van der Waals surface area contributed by atoms with E-state index < -0.39 is 6.10 Å². The fourth-order valence-corrected chi connectivity index (χ4v) is 8.15. The number of carbonyl (C=O) groups is 1.